The molecule has 0 radical (unpaired) electrons. The van der Waals surface area contributed by atoms with E-state index in [-0.39, 0.29) is 0 Å². The molecule has 3 atom stereocenters. The van der Waals surface area contributed by atoms with Crippen molar-refractivity contribution in [1.29, 1.82) is 0 Å². The van der Waals surface area contributed by atoms with Gasteiger partial charge < -0.3 is 10.5 Å². The lowest BCUT2D eigenvalue weighted by Crippen LogP contribution is -2.38. The molecule has 2 fully saturated rings. The number of methoxy groups -OCH3 is 1. The molecule has 1 aromatic carbocycles. The monoisotopic (exact) mass is 326 g/mol. The van der Waals surface area contributed by atoms with E-state index in [0.29, 0.717) is 12.0 Å². The van der Waals surface area contributed by atoms with Crippen LogP contribution in [0.2, 0.25) is 0 Å². The van der Waals surface area contributed by atoms with Crippen LogP contribution in [0.15, 0.2) is 36.5 Å². The number of nitrogens with two attached hydrogens (primary N) is 1. The van der Waals surface area contributed by atoms with Crippen LogP contribution in [0, 0.1) is 11.8 Å². The summed E-state index contributed by atoms with van der Waals surface area (Å²) in [5.41, 5.74) is 8.55. The van der Waals surface area contributed by atoms with Crippen molar-refractivity contribution in [1.82, 2.24) is 14.7 Å². The first-order chi connectivity index (χ1) is 11.8. The molecule has 4 rings (SSSR count). The maximum atomic E-state index is 6.35. The van der Waals surface area contributed by atoms with E-state index in [1.54, 1.807) is 7.11 Å². The van der Waals surface area contributed by atoms with Gasteiger partial charge in [0.05, 0.1) is 12.8 Å². The fourth-order valence-corrected chi connectivity index (χ4v) is 4.44. The fraction of sp³-hybridized carbons (Fsp3) is 0.526. The number of benzene rings is 1. The summed E-state index contributed by atoms with van der Waals surface area (Å²) in [6.07, 6.45) is 5.68. The molecular weight excluding hydrogens is 300 g/mol. The number of ether oxygens (including phenoxy) is 1. The van der Waals surface area contributed by atoms with E-state index >= 15 is 0 Å². The van der Waals surface area contributed by atoms with Gasteiger partial charge >= 0.3 is 0 Å². The second-order valence-electron chi connectivity index (χ2n) is 7.12. The molecule has 1 aliphatic carbocycles. The molecule has 24 heavy (non-hydrogen) atoms. The molecule has 0 amide bonds. The van der Waals surface area contributed by atoms with Crippen LogP contribution in [-0.4, -0.2) is 40.9 Å². The molecule has 1 aromatic heterocycles. The Bertz CT molecular complexity index is 698. The van der Waals surface area contributed by atoms with Gasteiger partial charge in [-0.2, -0.15) is 5.10 Å². The van der Waals surface area contributed by atoms with Crippen LogP contribution in [0.3, 0.4) is 0 Å². The van der Waals surface area contributed by atoms with E-state index < -0.39 is 0 Å². The van der Waals surface area contributed by atoms with Crippen LogP contribution < -0.4 is 10.5 Å². The van der Waals surface area contributed by atoms with Gasteiger partial charge in [0.15, 0.2) is 0 Å². The number of para-hydroxylation sites is 2. The molecule has 1 aliphatic heterocycles. The Labute approximate surface area is 143 Å². The molecule has 1 saturated carbocycles. The molecular formula is C19H26N4O. The summed E-state index contributed by atoms with van der Waals surface area (Å²) in [5, 5.41) is 4.53. The molecule has 5 heteroatoms. The third-order valence-electron chi connectivity index (χ3n) is 5.65. The summed E-state index contributed by atoms with van der Waals surface area (Å²) in [7, 11) is 1.70. The second kappa shape index (κ2) is 6.57. The Kier molecular flexibility index (Phi) is 4.29. The zero-order valence-electron chi connectivity index (χ0n) is 14.3. The van der Waals surface area contributed by atoms with Crippen LogP contribution in [-0.2, 0) is 6.54 Å². The number of nitrogens with zero attached hydrogens (tertiary/aromatic N) is 3. The molecule has 1 saturated heterocycles. The van der Waals surface area contributed by atoms with Gasteiger partial charge in [-0.05, 0) is 42.9 Å². The zero-order valence-corrected chi connectivity index (χ0v) is 14.3. The maximum Gasteiger partial charge on any atom is 0.144 e. The minimum atomic E-state index is 0.382. The Morgan fingerprint density at radius 3 is 2.92 bits per heavy atom. The van der Waals surface area contributed by atoms with Gasteiger partial charge in [0, 0.05) is 31.9 Å². The van der Waals surface area contributed by atoms with Crippen molar-refractivity contribution in [2.75, 3.05) is 20.2 Å². The quantitative estimate of drug-likeness (QED) is 0.937. The highest BCUT2D eigenvalue weighted by atomic mass is 16.5. The van der Waals surface area contributed by atoms with Crippen LogP contribution in [0.1, 0.15) is 25.0 Å². The lowest BCUT2D eigenvalue weighted by Gasteiger charge is -2.29. The first kappa shape index (κ1) is 15.7. The van der Waals surface area contributed by atoms with Gasteiger partial charge in [0.25, 0.3) is 0 Å². The van der Waals surface area contributed by atoms with Gasteiger partial charge in [-0.3, -0.25) is 4.90 Å². The maximum absolute atomic E-state index is 6.35. The number of likely N-dealkylation sites (tertiary alicyclic amines) is 1. The van der Waals surface area contributed by atoms with Gasteiger partial charge in [-0.15, -0.1) is 0 Å². The van der Waals surface area contributed by atoms with E-state index in [9.17, 15) is 0 Å². The van der Waals surface area contributed by atoms with E-state index in [1.807, 2.05) is 29.1 Å². The van der Waals surface area contributed by atoms with Crippen LogP contribution in [0.4, 0.5) is 0 Å². The number of hydrogen-bond donors (Lipinski definition) is 1. The normalized spacial score (nSPS) is 27.2. The van der Waals surface area contributed by atoms with Crippen molar-refractivity contribution in [3.8, 4) is 11.4 Å². The van der Waals surface area contributed by atoms with Crippen LogP contribution >= 0.6 is 0 Å². The zero-order chi connectivity index (χ0) is 16.5. The molecule has 0 spiro atoms. The van der Waals surface area contributed by atoms with Crippen molar-refractivity contribution >= 4 is 0 Å². The minimum absolute atomic E-state index is 0.382. The predicted molar refractivity (Wildman–Crippen MR) is 94.2 cm³/mol. The minimum Gasteiger partial charge on any atom is -0.494 e. The van der Waals surface area contributed by atoms with E-state index in [1.165, 1.54) is 25.0 Å². The van der Waals surface area contributed by atoms with E-state index in [4.69, 9.17) is 10.5 Å². The van der Waals surface area contributed by atoms with E-state index in [2.05, 4.69) is 22.1 Å². The number of hydrogen-bond acceptors (Lipinski definition) is 4. The summed E-state index contributed by atoms with van der Waals surface area (Å²) in [5.74, 6) is 2.29. The Hall–Kier alpha value is -1.85. The highest BCUT2D eigenvalue weighted by molar-refractivity contribution is 5.46. The topological polar surface area (TPSA) is 56.3 Å². The Morgan fingerprint density at radius 1 is 1.21 bits per heavy atom. The molecule has 2 aromatic rings. The molecule has 2 N–H and O–H groups in total. The van der Waals surface area contributed by atoms with Gasteiger partial charge in [-0.1, -0.05) is 18.6 Å². The van der Waals surface area contributed by atoms with Crippen molar-refractivity contribution < 1.29 is 4.74 Å². The summed E-state index contributed by atoms with van der Waals surface area (Å²) in [4.78, 5) is 2.55. The summed E-state index contributed by atoms with van der Waals surface area (Å²) in [6, 6.07) is 10.5. The number of rotatable bonds is 4. The van der Waals surface area contributed by atoms with Crippen molar-refractivity contribution in [3.05, 3.63) is 42.2 Å². The Morgan fingerprint density at radius 2 is 2.08 bits per heavy atom. The van der Waals surface area contributed by atoms with Gasteiger partial charge in [-0.25, -0.2) is 4.68 Å². The number of aromatic nitrogens is 2. The van der Waals surface area contributed by atoms with Crippen LogP contribution in [0.25, 0.3) is 5.69 Å². The summed E-state index contributed by atoms with van der Waals surface area (Å²) < 4.78 is 7.50. The smallest absolute Gasteiger partial charge is 0.144 e. The molecule has 0 bridgehead atoms. The summed E-state index contributed by atoms with van der Waals surface area (Å²) >= 11 is 0. The second-order valence-corrected chi connectivity index (χ2v) is 7.12. The SMILES string of the molecule is COc1ccccc1-n1nccc1CN1CC2CCCC(N)C2C1. The molecule has 128 valence electrons. The van der Waals surface area contributed by atoms with Crippen molar-refractivity contribution in [2.45, 2.75) is 31.8 Å². The first-order valence-corrected chi connectivity index (χ1v) is 8.90. The third kappa shape index (κ3) is 2.82. The molecule has 5 nitrogen and oxygen atoms in total. The fourth-order valence-electron chi connectivity index (χ4n) is 4.44. The Balaban J connectivity index is 1.54. The standard InChI is InChI=1S/C19H26N4O/c1-24-19-8-3-2-7-18(19)23-15(9-10-21-23)12-22-11-14-5-4-6-17(20)16(14)13-22/h2-3,7-10,14,16-17H,4-6,11-13,20H2,1H3. The molecule has 2 heterocycles. The molecule has 2 aliphatic rings. The van der Waals surface area contributed by atoms with Gasteiger partial charge in [0.1, 0.15) is 11.4 Å². The first-order valence-electron chi connectivity index (χ1n) is 8.90. The summed E-state index contributed by atoms with van der Waals surface area (Å²) in [6.45, 7) is 3.19. The van der Waals surface area contributed by atoms with E-state index in [0.717, 1.165) is 37.0 Å². The highest BCUT2D eigenvalue weighted by Gasteiger charge is 2.38. The average molecular weight is 326 g/mol. The van der Waals surface area contributed by atoms with Gasteiger partial charge in [0.2, 0.25) is 0 Å². The van der Waals surface area contributed by atoms with Crippen LogP contribution in [0.5, 0.6) is 5.75 Å². The highest BCUT2D eigenvalue weighted by Crippen LogP contribution is 2.36. The van der Waals surface area contributed by atoms with Crippen molar-refractivity contribution in [2.24, 2.45) is 17.6 Å². The molecule has 3 unspecified atom stereocenters. The lowest BCUT2D eigenvalue weighted by atomic mass is 9.78. The lowest BCUT2D eigenvalue weighted by molar-refractivity contribution is 0.259. The average Bonchev–Trinajstić information content (AvgIpc) is 3.22. The number of fused-ring (bicyclic) bond motifs is 1. The third-order valence-corrected chi connectivity index (χ3v) is 5.65. The van der Waals surface area contributed by atoms with Crippen molar-refractivity contribution in [3.63, 3.8) is 0 Å². The largest absolute Gasteiger partial charge is 0.494 e. The predicted octanol–water partition coefficient (Wildman–Crippen LogP) is 2.44.